The van der Waals surface area contributed by atoms with Gasteiger partial charge in [0.05, 0.1) is 33.3 Å². The Labute approximate surface area is 255 Å². The fourth-order valence-electron chi connectivity index (χ4n) is 4.25. The van der Waals surface area contributed by atoms with E-state index in [0.717, 1.165) is 41.2 Å². The van der Waals surface area contributed by atoms with Gasteiger partial charge in [-0.05, 0) is 42.5 Å². The van der Waals surface area contributed by atoms with Crippen LogP contribution in [0.25, 0.3) is 22.3 Å². The second-order valence-corrected chi connectivity index (χ2v) is 9.75. The van der Waals surface area contributed by atoms with Crippen LogP contribution in [-0.4, -0.2) is 33.3 Å². The third-order valence-corrected chi connectivity index (χ3v) is 6.49. The van der Waals surface area contributed by atoms with Crippen molar-refractivity contribution in [1.82, 2.24) is 9.66 Å². The third kappa shape index (κ3) is 6.80. The summed E-state index contributed by atoms with van der Waals surface area (Å²) in [5, 5.41) is 18.2. The lowest BCUT2D eigenvalue weighted by Crippen LogP contribution is -2.22. The predicted molar refractivity (Wildman–Crippen MR) is 158 cm³/mol. The Kier molecular flexibility index (Phi) is 8.59. The van der Waals surface area contributed by atoms with E-state index in [0.29, 0.717) is 0 Å². The summed E-state index contributed by atoms with van der Waals surface area (Å²) in [6.07, 6.45) is -3.73. The van der Waals surface area contributed by atoms with Gasteiger partial charge in [0.1, 0.15) is 5.82 Å². The van der Waals surface area contributed by atoms with Crippen LogP contribution in [0.4, 0.5) is 28.9 Å². The van der Waals surface area contributed by atoms with Gasteiger partial charge in [0.2, 0.25) is 5.75 Å². The predicted octanol–water partition coefficient (Wildman–Crippen LogP) is 6.68. The molecular formula is C30H18ClF4N5O5. The molecule has 1 heterocycles. The number of carbonyl (C=O) groups is 1. The van der Waals surface area contributed by atoms with Crippen LogP contribution in [-0.2, 0) is 11.0 Å². The Bertz CT molecular complexity index is 2050. The molecule has 4 aromatic carbocycles. The highest BCUT2D eigenvalue weighted by molar-refractivity contribution is 6.31. The first-order valence-corrected chi connectivity index (χ1v) is 13.2. The lowest BCUT2D eigenvalue weighted by Gasteiger charge is -2.13. The Hall–Kier alpha value is -5.63. The fraction of sp³-hybridized carbons (Fsp3) is 0.0667. The lowest BCUT2D eigenvalue weighted by atomic mass is 10.1. The number of hydrogen-bond donors (Lipinski definition) is 1. The molecule has 0 radical (unpaired) electrons. The maximum atomic E-state index is 14.0. The average molecular weight is 640 g/mol. The Morgan fingerprint density at radius 3 is 2.53 bits per heavy atom. The second-order valence-electron chi connectivity index (χ2n) is 9.31. The molecule has 0 bridgehead atoms. The zero-order valence-corrected chi connectivity index (χ0v) is 23.3. The van der Waals surface area contributed by atoms with E-state index in [2.05, 4.69) is 15.4 Å². The van der Waals surface area contributed by atoms with Crippen LogP contribution in [0.2, 0.25) is 5.02 Å². The molecule has 1 aromatic heterocycles. The Morgan fingerprint density at radius 1 is 1.07 bits per heavy atom. The van der Waals surface area contributed by atoms with Gasteiger partial charge in [-0.2, -0.15) is 22.9 Å². The molecule has 228 valence electrons. The molecular weight excluding hydrogens is 622 g/mol. The number of benzene rings is 4. The molecule has 5 rings (SSSR count). The Morgan fingerprint density at radius 2 is 1.80 bits per heavy atom. The smallest absolute Gasteiger partial charge is 0.416 e. The normalized spacial score (nSPS) is 11.6. The average Bonchev–Trinajstić information content (AvgIpc) is 3.00. The van der Waals surface area contributed by atoms with E-state index in [1.54, 1.807) is 12.1 Å². The number of halogens is 5. The molecule has 0 unspecified atom stereocenters. The number of ether oxygens (including phenoxy) is 1. The summed E-state index contributed by atoms with van der Waals surface area (Å²) in [5.74, 6) is -2.31. The maximum Gasteiger partial charge on any atom is 0.416 e. The molecule has 0 aliphatic rings. The van der Waals surface area contributed by atoms with Crippen molar-refractivity contribution in [3.63, 3.8) is 0 Å². The molecule has 0 atom stereocenters. The highest BCUT2D eigenvalue weighted by Gasteiger charge is 2.31. The van der Waals surface area contributed by atoms with Crippen LogP contribution in [0.3, 0.4) is 0 Å². The SMILES string of the molecule is O=C(COc1c(C=Nn2c(-c3cccc(C(F)(F)F)c3)nc3ccccc3c2=O)cc(Cl)cc1[N+](=O)[O-])Nc1ccccc1F. The van der Waals surface area contributed by atoms with Gasteiger partial charge in [-0.1, -0.05) is 48.0 Å². The van der Waals surface area contributed by atoms with E-state index in [1.165, 1.54) is 42.5 Å². The first-order chi connectivity index (χ1) is 21.4. The van der Waals surface area contributed by atoms with Gasteiger partial charge >= 0.3 is 11.9 Å². The van der Waals surface area contributed by atoms with Crippen molar-refractivity contribution in [2.45, 2.75) is 6.18 Å². The number of hydrogen-bond acceptors (Lipinski definition) is 7. The molecule has 1 amide bonds. The maximum absolute atomic E-state index is 14.0. The molecule has 45 heavy (non-hydrogen) atoms. The first-order valence-electron chi connectivity index (χ1n) is 12.8. The zero-order valence-electron chi connectivity index (χ0n) is 22.6. The van der Waals surface area contributed by atoms with Crippen molar-refractivity contribution < 1.29 is 32.0 Å². The van der Waals surface area contributed by atoms with Gasteiger partial charge in [-0.25, -0.2) is 9.37 Å². The number of fused-ring (bicyclic) bond motifs is 1. The van der Waals surface area contributed by atoms with Crippen molar-refractivity contribution in [3.8, 4) is 17.1 Å². The number of aromatic nitrogens is 2. The molecule has 0 saturated carbocycles. The van der Waals surface area contributed by atoms with Gasteiger partial charge in [0.15, 0.2) is 12.4 Å². The van der Waals surface area contributed by atoms with Crippen molar-refractivity contribution in [2.75, 3.05) is 11.9 Å². The third-order valence-electron chi connectivity index (χ3n) is 6.27. The second kappa shape index (κ2) is 12.5. The van der Waals surface area contributed by atoms with E-state index in [-0.39, 0.29) is 38.6 Å². The molecule has 0 fully saturated rings. The van der Waals surface area contributed by atoms with E-state index >= 15 is 0 Å². The van der Waals surface area contributed by atoms with Gasteiger partial charge in [0, 0.05) is 22.2 Å². The summed E-state index contributed by atoms with van der Waals surface area (Å²) in [7, 11) is 0. The van der Waals surface area contributed by atoms with Crippen LogP contribution in [0.15, 0.2) is 94.8 Å². The van der Waals surface area contributed by atoms with E-state index < -0.39 is 52.0 Å². The lowest BCUT2D eigenvalue weighted by molar-refractivity contribution is -0.385. The summed E-state index contributed by atoms with van der Waals surface area (Å²) >= 11 is 6.10. The van der Waals surface area contributed by atoms with Gasteiger partial charge in [-0.15, -0.1) is 0 Å². The minimum Gasteiger partial charge on any atom is -0.476 e. The molecule has 1 N–H and O–H groups in total. The summed E-state index contributed by atoms with van der Waals surface area (Å²) in [4.78, 5) is 41.4. The number of nitro groups is 1. The highest BCUT2D eigenvalue weighted by Crippen LogP contribution is 2.35. The van der Waals surface area contributed by atoms with E-state index in [1.807, 2.05) is 0 Å². The van der Waals surface area contributed by atoms with Crippen LogP contribution in [0, 0.1) is 15.9 Å². The van der Waals surface area contributed by atoms with E-state index in [9.17, 15) is 37.3 Å². The first kappa shape index (κ1) is 30.8. The summed E-state index contributed by atoms with van der Waals surface area (Å²) in [5.41, 5.74) is -2.63. The quantitative estimate of drug-likeness (QED) is 0.0873. The highest BCUT2D eigenvalue weighted by atomic mass is 35.5. The number of rotatable bonds is 8. The van der Waals surface area contributed by atoms with Crippen LogP contribution in [0.5, 0.6) is 5.75 Å². The monoisotopic (exact) mass is 639 g/mol. The standard InChI is InChI=1S/C30H18ClF4N5O5/c31-20-13-18(27(25(14-20)40(43)44)45-16-26(41)37-24-11-4-2-9-22(24)32)15-36-39-28(17-6-5-7-19(12-17)30(33,34)35)38-23-10-3-1-8-21(23)29(39)42/h1-15H,16H2,(H,37,41). The topological polar surface area (TPSA) is 129 Å². The van der Waals surface area contributed by atoms with Crippen molar-refractivity contribution in [1.29, 1.82) is 0 Å². The largest absolute Gasteiger partial charge is 0.476 e. The molecule has 10 nitrogen and oxygen atoms in total. The summed E-state index contributed by atoms with van der Waals surface area (Å²) in [6, 6.07) is 17.7. The Balaban J connectivity index is 1.59. The number of para-hydroxylation sites is 2. The number of amides is 1. The number of nitro benzene ring substituents is 1. The molecule has 0 aliphatic heterocycles. The van der Waals surface area contributed by atoms with Crippen LogP contribution in [0.1, 0.15) is 11.1 Å². The number of anilines is 1. The van der Waals surface area contributed by atoms with Crippen molar-refractivity contribution in [3.05, 3.63) is 127 Å². The van der Waals surface area contributed by atoms with Crippen molar-refractivity contribution in [2.24, 2.45) is 5.10 Å². The minimum atomic E-state index is -4.69. The summed E-state index contributed by atoms with van der Waals surface area (Å²) < 4.78 is 60.6. The fourth-order valence-corrected chi connectivity index (χ4v) is 4.47. The van der Waals surface area contributed by atoms with Crippen LogP contribution >= 0.6 is 11.6 Å². The van der Waals surface area contributed by atoms with Gasteiger partial charge in [0.25, 0.3) is 11.5 Å². The van der Waals surface area contributed by atoms with Crippen molar-refractivity contribution >= 4 is 46.0 Å². The van der Waals surface area contributed by atoms with E-state index in [4.69, 9.17) is 16.3 Å². The van der Waals surface area contributed by atoms with Crippen LogP contribution < -0.4 is 15.6 Å². The zero-order chi connectivity index (χ0) is 32.3. The molecule has 15 heteroatoms. The number of nitrogens with one attached hydrogen (secondary N) is 1. The molecule has 0 saturated heterocycles. The van der Waals surface area contributed by atoms with Gasteiger partial charge < -0.3 is 10.1 Å². The molecule has 0 aliphatic carbocycles. The molecule has 0 spiro atoms. The molecule has 5 aromatic rings. The summed E-state index contributed by atoms with van der Waals surface area (Å²) in [6.45, 7) is -0.801. The minimum absolute atomic E-state index is 0.0868. The van der Waals surface area contributed by atoms with Gasteiger partial charge in [-0.3, -0.25) is 19.7 Å². The number of alkyl halides is 3. The number of carbonyl (C=O) groups excluding carboxylic acids is 1. The number of nitrogens with zero attached hydrogens (tertiary/aromatic N) is 4.